The fraction of sp³-hybridized carbons (Fsp3) is 0.469. The Bertz CT molecular complexity index is 1210. The van der Waals surface area contributed by atoms with Crippen LogP contribution in [0.25, 0.3) is 10.8 Å². The maximum atomic E-state index is 13.6. The SMILES string of the molecule is C[C@H](NC(=O)N(CCCN1CCOCC1)Cc1ccc(CN2CCC(N)C2)cc1)c1cccc2ccccc12. The van der Waals surface area contributed by atoms with Crippen molar-refractivity contribution >= 4 is 16.8 Å². The van der Waals surface area contributed by atoms with Crippen LogP contribution in [0.5, 0.6) is 0 Å². The summed E-state index contributed by atoms with van der Waals surface area (Å²) < 4.78 is 5.49. The third-order valence-electron chi connectivity index (χ3n) is 8.03. The molecule has 3 aromatic rings. The van der Waals surface area contributed by atoms with E-state index in [1.165, 1.54) is 16.3 Å². The Morgan fingerprint density at radius 3 is 2.51 bits per heavy atom. The van der Waals surface area contributed by atoms with Gasteiger partial charge in [-0.2, -0.15) is 0 Å². The van der Waals surface area contributed by atoms with Crippen LogP contribution in [0, 0.1) is 0 Å². The molecule has 0 saturated carbocycles. The fourth-order valence-corrected chi connectivity index (χ4v) is 5.78. The zero-order chi connectivity index (χ0) is 27.0. The fourth-order valence-electron chi connectivity index (χ4n) is 5.78. The highest BCUT2D eigenvalue weighted by molar-refractivity contribution is 5.86. The molecule has 2 heterocycles. The van der Waals surface area contributed by atoms with Crippen LogP contribution in [0.2, 0.25) is 0 Å². The van der Waals surface area contributed by atoms with Gasteiger partial charge in [0.05, 0.1) is 19.3 Å². The van der Waals surface area contributed by atoms with Crippen LogP contribution < -0.4 is 11.1 Å². The number of morpholine rings is 1. The van der Waals surface area contributed by atoms with Gasteiger partial charge in [-0.1, -0.05) is 66.7 Å². The van der Waals surface area contributed by atoms with Crippen molar-refractivity contribution in [3.63, 3.8) is 0 Å². The summed E-state index contributed by atoms with van der Waals surface area (Å²) in [5.41, 5.74) is 9.66. The summed E-state index contributed by atoms with van der Waals surface area (Å²) in [6.07, 6.45) is 2.01. The summed E-state index contributed by atoms with van der Waals surface area (Å²) >= 11 is 0. The third kappa shape index (κ3) is 7.57. The Hall–Kier alpha value is -2.97. The molecule has 0 bridgehead atoms. The largest absolute Gasteiger partial charge is 0.379 e. The second-order valence-corrected chi connectivity index (χ2v) is 11.1. The van der Waals surface area contributed by atoms with Crippen LogP contribution in [0.4, 0.5) is 4.79 Å². The smallest absolute Gasteiger partial charge is 0.318 e. The van der Waals surface area contributed by atoms with Gasteiger partial charge in [0.1, 0.15) is 0 Å². The number of nitrogens with one attached hydrogen (secondary N) is 1. The molecular formula is C32H43N5O2. The maximum absolute atomic E-state index is 13.6. The molecule has 39 heavy (non-hydrogen) atoms. The summed E-state index contributed by atoms with van der Waals surface area (Å²) in [5.74, 6) is 0. The monoisotopic (exact) mass is 529 g/mol. The minimum atomic E-state index is -0.0976. The number of likely N-dealkylation sites (tertiary alicyclic amines) is 1. The van der Waals surface area contributed by atoms with E-state index in [-0.39, 0.29) is 12.1 Å². The van der Waals surface area contributed by atoms with Gasteiger partial charge in [-0.25, -0.2) is 4.79 Å². The molecule has 208 valence electrons. The van der Waals surface area contributed by atoms with Crippen LogP contribution in [-0.4, -0.2) is 79.3 Å². The van der Waals surface area contributed by atoms with Crippen LogP contribution in [0.15, 0.2) is 66.7 Å². The number of carbonyl (C=O) groups is 1. The first kappa shape index (κ1) is 27.6. The molecule has 0 aromatic heterocycles. The van der Waals surface area contributed by atoms with Gasteiger partial charge >= 0.3 is 6.03 Å². The number of fused-ring (bicyclic) bond motifs is 1. The molecule has 2 saturated heterocycles. The Balaban J connectivity index is 1.24. The number of carbonyl (C=O) groups excluding carboxylic acids is 1. The maximum Gasteiger partial charge on any atom is 0.318 e. The second kappa shape index (κ2) is 13.4. The van der Waals surface area contributed by atoms with E-state index in [4.69, 9.17) is 10.5 Å². The Kier molecular flexibility index (Phi) is 9.48. The molecule has 5 rings (SSSR count). The Morgan fingerprint density at radius 2 is 1.74 bits per heavy atom. The topological polar surface area (TPSA) is 74.1 Å². The molecule has 0 aliphatic carbocycles. The molecule has 7 nitrogen and oxygen atoms in total. The molecule has 2 aliphatic heterocycles. The Morgan fingerprint density at radius 1 is 1.00 bits per heavy atom. The van der Waals surface area contributed by atoms with Crippen molar-refractivity contribution in [3.8, 4) is 0 Å². The lowest BCUT2D eigenvalue weighted by molar-refractivity contribution is 0.0364. The molecule has 0 spiro atoms. The van der Waals surface area contributed by atoms with E-state index in [0.29, 0.717) is 19.1 Å². The van der Waals surface area contributed by atoms with Gasteiger partial charge in [0, 0.05) is 58.4 Å². The normalized spacial score (nSPS) is 19.3. The molecule has 2 amide bonds. The average molecular weight is 530 g/mol. The first-order valence-electron chi connectivity index (χ1n) is 14.4. The van der Waals surface area contributed by atoms with Crippen LogP contribution >= 0.6 is 0 Å². The highest BCUT2D eigenvalue weighted by Crippen LogP contribution is 2.24. The number of hydrogen-bond acceptors (Lipinski definition) is 5. The minimum absolute atomic E-state index is 0.0208. The summed E-state index contributed by atoms with van der Waals surface area (Å²) in [6, 6.07) is 23.6. The molecule has 2 fully saturated rings. The number of nitrogens with zero attached hydrogens (tertiary/aromatic N) is 3. The molecule has 0 radical (unpaired) electrons. The predicted molar refractivity (Wildman–Crippen MR) is 157 cm³/mol. The van der Waals surface area contributed by atoms with Crippen molar-refractivity contribution in [3.05, 3.63) is 83.4 Å². The molecule has 3 aromatic carbocycles. The lowest BCUT2D eigenvalue weighted by Gasteiger charge is -2.29. The van der Waals surface area contributed by atoms with E-state index >= 15 is 0 Å². The van der Waals surface area contributed by atoms with Crippen LogP contribution in [0.1, 0.15) is 42.5 Å². The van der Waals surface area contributed by atoms with Gasteiger partial charge in [0.15, 0.2) is 0 Å². The van der Waals surface area contributed by atoms with Gasteiger partial charge in [-0.05, 0) is 47.2 Å². The lowest BCUT2D eigenvalue weighted by atomic mass is 10.00. The zero-order valence-electron chi connectivity index (χ0n) is 23.2. The molecule has 3 N–H and O–H groups in total. The number of hydrogen-bond donors (Lipinski definition) is 2. The van der Waals surface area contributed by atoms with E-state index < -0.39 is 0 Å². The second-order valence-electron chi connectivity index (χ2n) is 11.1. The molecule has 7 heteroatoms. The highest BCUT2D eigenvalue weighted by atomic mass is 16.5. The summed E-state index contributed by atoms with van der Waals surface area (Å²) in [4.78, 5) is 20.5. The van der Waals surface area contributed by atoms with E-state index in [9.17, 15) is 4.79 Å². The quantitative estimate of drug-likeness (QED) is 0.408. The predicted octanol–water partition coefficient (Wildman–Crippen LogP) is 4.37. The molecule has 2 aliphatic rings. The zero-order valence-corrected chi connectivity index (χ0v) is 23.2. The molecule has 2 atom stereocenters. The average Bonchev–Trinajstić information content (AvgIpc) is 3.37. The summed E-state index contributed by atoms with van der Waals surface area (Å²) in [5, 5.41) is 5.67. The summed E-state index contributed by atoms with van der Waals surface area (Å²) in [7, 11) is 0. The van der Waals surface area contributed by atoms with Crippen molar-refractivity contribution < 1.29 is 9.53 Å². The minimum Gasteiger partial charge on any atom is -0.379 e. The Labute approximate surface area is 232 Å². The number of amides is 2. The number of ether oxygens (including phenoxy) is 1. The van der Waals surface area contributed by atoms with Crippen LogP contribution in [0.3, 0.4) is 0 Å². The molecular weight excluding hydrogens is 486 g/mol. The first-order chi connectivity index (χ1) is 19.0. The van der Waals surface area contributed by atoms with Gasteiger partial charge in [0.25, 0.3) is 0 Å². The van der Waals surface area contributed by atoms with Crippen LogP contribution in [-0.2, 0) is 17.8 Å². The molecule has 1 unspecified atom stereocenters. The highest BCUT2D eigenvalue weighted by Gasteiger charge is 2.21. The van der Waals surface area contributed by atoms with Crippen molar-refractivity contribution in [2.24, 2.45) is 5.73 Å². The van der Waals surface area contributed by atoms with Crippen molar-refractivity contribution in [2.45, 2.75) is 44.9 Å². The lowest BCUT2D eigenvalue weighted by Crippen LogP contribution is -2.43. The third-order valence-corrected chi connectivity index (χ3v) is 8.03. The van der Waals surface area contributed by atoms with Gasteiger partial charge in [-0.3, -0.25) is 9.80 Å². The summed E-state index contributed by atoms with van der Waals surface area (Å²) in [6.45, 7) is 10.8. The van der Waals surface area contributed by atoms with Crippen molar-refractivity contribution in [1.29, 1.82) is 0 Å². The number of benzene rings is 3. The van der Waals surface area contributed by atoms with E-state index in [0.717, 1.165) is 76.5 Å². The number of urea groups is 1. The van der Waals surface area contributed by atoms with Gasteiger partial charge < -0.3 is 20.7 Å². The van der Waals surface area contributed by atoms with Crippen molar-refractivity contribution in [2.75, 3.05) is 52.5 Å². The number of nitrogens with two attached hydrogens (primary N) is 1. The van der Waals surface area contributed by atoms with Gasteiger partial charge in [0.2, 0.25) is 0 Å². The van der Waals surface area contributed by atoms with Crippen molar-refractivity contribution in [1.82, 2.24) is 20.0 Å². The first-order valence-corrected chi connectivity index (χ1v) is 14.4. The number of rotatable bonds is 10. The van der Waals surface area contributed by atoms with E-state index in [2.05, 4.69) is 88.8 Å². The van der Waals surface area contributed by atoms with E-state index in [1.807, 2.05) is 4.90 Å². The van der Waals surface area contributed by atoms with E-state index in [1.54, 1.807) is 0 Å². The van der Waals surface area contributed by atoms with Gasteiger partial charge in [-0.15, -0.1) is 0 Å². The standard InChI is InChI=1S/C32H43N5O2/c1-25(30-9-4-7-28-6-2-3-8-31(28)30)34-32(38)37(16-5-15-35-18-20-39-21-19-35)23-27-12-10-26(11-13-27)22-36-17-14-29(33)24-36/h2-4,6-13,25,29H,5,14-24,33H2,1H3,(H,34,38)/t25-,29?/m0/s1.